The first-order chi connectivity index (χ1) is 35.5. The molecule has 426 valence electrons. The van der Waals surface area contributed by atoms with Crippen LogP contribution in [0.15, 0.2) is 133 Å². The van der Waals surface area contributed by atoms with Gasteiger partial charge in [0.15, 0.2) is 29.5 Å². The maximum absolute atomic E-state index is 12.9. The highest BCUT2D eigenvalue weighted by Crippen LogP contribution is 2.47. The molecule has 5 rings (SSSR count). The molecular formula is C34H34N8O27S9. The van der Waals surface area contributed by atoms with Crippen molar-refractivity contribution in [2.45, 2.75) is 29.4 Å². The molecule has 0 saturated heterocycles. The molecule has 78 heavy (non-hydrogen) atoms. The van der Waals surface area contributed by atoms with Gasteiger partial charge in [-0.05, 0) is 66.0 Å². The first-order valence-corrected chi connectivity index (χ1v) is 33.1. The van der Waals surface area contributed by atoms with Crippen molar-refractivity contribution < 1.29 is 116 Å². The fraction of sp³-hybridized carbons (Fsp3) is 0.176. The molecule has 0 aliphatic rings. The Hall–Kier alpha value is -6.05. The fourth-order valence-electron chi connectivity index (χ4n) is 6.13. The van der Waals surface area contributed by atoms with Crippen LogP contribution in [0.25, 0.3) is 10.8 Å². The van der Waals surface area contributed by atoms with E-state index >= 15 is 0 Å². The number of hydrogen-bond acceptors (Lipinski definition) is 29. The lowest BCUT2D eigenvalue weighted by Crippen LogP contribution is -2.16. The van der Waals surface area contributed by atoms with E-state index in [4.69, 9.17) is 25.1 Å². The topological polar surface area (TPSA) is 583 Å². The van der Waals surface area contributed by atoms with Gasteiger partial charge in [-0.1, -0.05) is 12.1 Å². The van der Waals surface area contributed by atoms with Crippen LogP contribution in [0.5, 0.6) is 0 Å². The van der Waals surface area contributed by atoms with E-state index < -0.39 is 208 Å². The Morgan fingerprint density at radius 3 is 1.08 bits per heavy atom. The van der Waals surface area contributed by atoms with Gasteiger partial charge in [-0.3, -0.25) is 27.3 Å². The van der Waals surface area contributed by atoms with Crippen LogP contribution in [0.3, 0.4) is 0 Å². The molecule has 0 fully saturated rings. The number of sulfone groups is 3. The Kier molecular flexibility index (Phi) is 18.5. The number of nitrogens with zero attached hydrogens (tertiary/aromatic N) is 6. The van der Waals surface area contributed by atoms with Gasteiger partial charge in [0.2, 0.25) is 0 Å². The van der Waals surface area contributed by atoms with Crippen molar-refractivity contribution in [3.8, 4) is 0 Å². The molecule has 0 bridgehead atoms. The maximum atomic E-state index is 12.9. The number of rotatable bonds is 24. The van der Waals surface area contributed by atoms with Crippen LogP contribution in [0.1, 0.15) is 0 Å². The first-order valence-electron chi connectivity index (χ1n) is 19.8. The van der Waals surface area contributed by atoms with Gasteiger partial charge in [0.05, 0.1) is 63.1 Å². The summed E-state index contributed by atoms with van der Waals surface area (Å²) in [6.07, 6.45) is 0. The number of benzene rings is 5. The van der Waals surface area contributed by atoms with E-state index in [9.17, 15) is 89.4 Å². The molecule has 0 aliphatic carbocycles. The summed E-state index contributed by atoms with van der Waals surface area (Å²) in [6, 6.07) is 8.79. The highest BCUT2D eigenvalue weighted by atomic mass is 32.3. The van der Waals surface area contributed by atoms with E-state index in [0.29, 0.717) is 36.4 Å². The third-order valence-electron chi connectivity index (χ3n) is 9.55. The largest absolute Gasteiger partial charge is 0.397 e. The molecule has 5 aromatic carbocycles. The summed E-state index contributed by atoms with van der Waals surface area (Å²) in [5.41, 5.74) is 6.44. The summed E-state index contributed by atoms with van der Waals surface area (Å²) in [4.78, 5) is -5.86. The standard InChI is InChI=1S/C34H34N8O27S9/c35-31-27(40-37-24-7-3-21(16-29(24)73(49,50)51)71(45,46)13-10-68-77(61,62)63)18-28(32(36)33(31)42-38-25-8-4-22(17-30(25)74(52,53)54)72(47,48)14-11-69-78(64,65)66)41-39-26-6-1-19-15-20(2-5-23(19)34(26)75(55,56)57)70(43,44)12-9-67-76(58,59)60/h1-8,15-18H,9-14,35-36H2,(H,49,50,51)(H,52,53,54)(H,55,56,57)(H,58,59,60)(H,61,62,63)(H,64,65,66)/b40-37+,41-39+,42-38+. The Labute approximate surface area is 441 Å². The number of hydrogen-bond donors (Lipinski definition) is 8. The lowest BCUT2D eigenvalue weighted by atomic mass is 10.1. The predicted molar refractivity (Wildman–Crippen MR) is 263 cm³/mol. The van der Waals surface area contributed by atoms with E-state index in [2.05, 4.69) is 43.2 Å². The van der Waals surface area contributed by atoms with Gasteiger partial charge in [0.1, 0.15) is 48.8 Å². The van der Waals surface area contributed by atoms with Crippen molar-refractivity contribution in [3.63, 3.8) is 0 Å². The second-order valence-electron chi connectivity index (χ2n) is 14.9. The maximum Gasteiger partial charge on any atom is 0.397 e. The van der Waals surface area contributed by atoms with Gasteiger partial charge in [-0.25, -0.2) is 37.8 Å². The molecule has 0 aromatic heterocycles. The van der Waals surface area contributed by atoms with Gasteiger partial charge in [-0.2, -0.15) is 50.5 Å². The van der Waals surface area contributed by atoms with Crippen LogP contribution >= 0.6 is 0 Å². The van der Waals surface area contributed by atoms with Gasteiger partial charge in [0.25, 0.3) is 30.4 Å². The molecule has 0 unspecified atom stereocenters. The van der Waals surface area contributed by atoms with Crippen LogP contribution in [0.4, 0.5) is 45.5 Å². The highest BCUT2D eigenvalue weighted by Gasteiger charge is 2.27. The zero-order valence-corrected chi connectivity index (χ0v) is 45.3. The summed E-state index contributed by atoms with van der Waals surface area (Å²) in [5, 5.41) is 22.0. The highest BCUT2D eigenvalue weighted by molar-refractivity contribution is 7.92. The van der Waals surface area contributed by atoms with E-state index in [-0.39, 0.29) is 5.39 Å². The lowest BCUT2D eigenvalue weighted by molar-refractivity contribution is 0.282. The number of azo groups is 3. The lowest BCUT2D eigenvalue weighted by Gasteiger charge is -2.11. The molecule has 0 spiro atoms. The Morgan fingerprint density at radius 1 is 0.372 bits per heavy atom. The van der Waals surface area contributed by atoms with Crippen molar-refractivity contribution in [2.75, 3.05) is 48.5 Å². The molecule has 0 aliphatic heterocycles. The monoisotopic (exact) mass is 1270 g/mol. The minimum atomic E-state index is -5.46. The van der Waals surface area contributed by atoms with Crippen LogP contribution in [-0.4, -0.2) is 140 Å². The number of nitrogen functional groups attached to an aromatic ring is 2. The summed E-state index contributed by atoms with van der Waals surface area (Å²) in [5.74, 6) is -3.35. The summed E-state index contributed by atoms with van der Waals surface area (Å²) in [6.45, 7) is -3.35. The van der Waals surface area contributed by atoms with Crippen molar-refractivity contribution in [1.82, 2.24) is 0 Å². The molecular weight excluding hydrogens is 1240 g/mol. The van der Waals surface area contributed by atoms with E-state index in [1.54, 1.807) is 0 Å². The smallest absolute Gasteiger partial charge is 0.395 e. The third kappa shape index (κ3) is 16.7. The van der Waals surface area contributed by atoms with Crippen LogP contribution in [-0.2, 0) is 104 Å². The molecule has 0 heterocycles. The SMILES string of the molecule is Nc1c(/N=N/c2ccc(S(=O)(=O)CCOS(=O)(=O)O)cc2S(=O)(=O)O)cc(/N=N/c2ccc3cc(S(=O)(=O)CCOS(=O)(=O)O)ccc3c2S(=O)(=O)O)c(N)c1/N=N/c1ccc(S(=O)(=O)CCOS(=O)(=O)O)cc1S(=O)(=O)O. The second kappa shape index (κ2) is 23.0. The minimum Gasteiger partial charge on any atom is -0.395 e. The molecule has 0 radical (unpaired) electrons. The van der Waals surface area contributed by atoms with Gasteiger partial charge >= 0.3 is 31.2 Å². The minimum absolute atomic E-state index is 0.196. The quantitative estimate of drug-likeness (QED) is 0.0250. The molecule has 35 nitrogen and oxygen atoms in total. The van der Waals surface area contributed by atoms with Gasteiger partial charge in [0, 0.05) is 5.39 Å². The number of nitrogens with two attached hydrogens (primary N) is 2. The zero-order valence-electron chi connectivity index (χ0n) is 37.9. The second-order valence-corrected chi connectivity index (χ2v) is 28.6. The predicted octanol–water partition coefficient (Wildman–Crippen LogP) is 2.77. The van der Waals surface area contributed by atoms with Crippen LogP contribution in [0.2, 0.25) is 0 Å². The molecule has 44 heteroatoms. The zero-order chi connectivity index (χ0) is 58.8. The average Bonchev–Trinajstić information content (AvgIpc) is 3.28. The summed E-state index contributed by atoms with van der Waals surface area (Å²) in [7, 11) is -45.3. The van der Waals surface area contributed by atoms with Crippen LogP contribution in [0, 0.1) is 0 Å². The Morgan fingerprint density at radius 2 is 0.705 bits per heavy atom. The van der Waals surface area contributed by atoms with Crippen molar-refractivity contribution in [3.05, 3.63) is 72.8 Å². The fourth-order valence-corrected chi connectivity index (χ4v) is 13.0. The van der Waals surface area contributed by atoms with E-state index in [1.807, 2.05) is 0 Å². The third-order valence-corrected chi connectivity index (χ3v) is 18.7. The number of fused-ring (bicyclic) bond motifs is 1. The van der Waals surface area contributed by atoms with Gasteiger partial charge in [-0.15, -0.1) is 30.7 Å². The first kappa shape index (κ1) is 62.8. The molecule has 5 aromatic rings. The van der Waals surface area contributed by atoms with E-state index in [1.165, 1.54) is 0 Å². The Bertz CT molecular complexity index is 4420. The molecule has 10 N–H and O–H groups in total. The molecule has 0 atom stereocenters. The van der Waals surface area contributed by atoms with Crippen molar-refractivity contribution in [2.24, 2.45) is 30.7 Å². The summed E-state index contributed by atoms with van der Waals surface area (Å²) < 4.78 is 287. The average molecular weight is 1280 g/mol. The van der Waals surface area contributed by atoms with Crippen LogP contribution < -0.4 is 11.5 Å². The normalized spacial score (nSPS) is 13.8. The molecule has 0 saturated carbocycles. The number of anilines is 2. The van der Waals surface area contributed by atoms with Crippen molar-refractivity contribution in [1.29, 1.82) is 0 Å². The van der Waals surface area contributed by atoms with E-state index in [0.717, 1.165) is 36.4 Å². The van der Waals surface area contributed by atoms with Gasteiger partial charge < -0.3 is 11.5 Å². The summed E-state index contributed by atoms with van der Waals surface area (Å²) >= 11 is 0. The Balaban J connectivity index is 1.70. The molecule has 0 amide bonds. The van der Waals surface area contributed by atoms with Crippen molar-refractivity contribution >= 4 is 147 Å².